The SMILES string of the molecule is CCc1nn2c(C)cccc2c1C(=O)NCc1ccc(C2CC3(C2)CN(c2ccc(OC(F)(F)F)cc2)C3)cc1. The fourth-order valence-electron chi connectivity index (χ4n) is 6.21. The number of aryl methyl sites for hydroxylation is 2. The molecule has 9 heteroatoms. The van der Waals surface area contributed by atoms with Crippen LogP contribution in [-0.4, -0.2) is 35.0 Å². The van der Waals surface area contributed by atoms with Crippen LogP contribution in [0.4, 0.5) is 18.9 Å². The molecule has 1 aliphatic heterocycles. The fraction of sp³-hybridized carbons (Fsp3) is 0.355. The number of amides is 1. The number of pyridine rings is 1. The number of halogens is 3. The first kappa shape index (κ1) is 26.2. The molecule has 2 fully saturated rings. The molecule has 6 rings (SSSR count). The van der Waals surface area contributed by atoms with Crippen molar-refractivity contribution in [2.24, 2.45) is 5.41 Å². The van der Waals surface area contributed by atoms with E-state index < -0.39 is 6.36 Å². The van der Waals surface area contributed by atoms with Crippen LogP contribution in [0.5, 0.6) is 5.75 Å². The number of hydrogen-bond acceptors (Lipinski definition) is 4. The highest BCUT2D eigenvalue weighted by atomic mass is 19.4. The number of benzene rings is 2. The molecular weight excluding hydrogens is 517 g/mol. The predicted molar refractivity (Wildman–Crippen MR) is 147 cm³/mol. The van der Waals surface area contributed by atoms with Crippen LogP contribution in [-0.2, 0) is 13.0 Å². The first-order valence-corrected chi connectivity index (χ1v) is 13.6. The molecule has 4 aromatic rings. The number of nitrogens with one attached hydrogen (secondary N) is 1. The van der Waals surface area contributed by atoms with Crippen molar-refractivity contribution in [3.8, 4) is 5.75 Å². The van der Waals surface area contributed by atoms with Crippen LogP contribution in [0.1, 0.15) is 58.6 Å². The van der Waals surface area contributed by atoms with Crippen molar-refractivity contribution in [1.82, 2.24) is 14.9 Å². The Morgan fingerprint density at radius 2 is 1.75 bits per heavy atom. The van der Waals surface area contributed by atoms with Gasteiger partial charge in [-0.05, 0) is 79.6 Å². The highest BCUT2D eigenvalue weighted by Gasteiger charge is 2.52. The molecule has 6 nitrogen and oxygen atoms in total. The number of hydrogen-bond donors (Lipinski definition) is 1. The molecule has 1 saturated heterocycles. The van der Waals surface area contributed by atoms with Crippen molar-refractivity contribution in [3.63, 3.8) is 0 Å². The van der Waals surface area contributed by atoms with Crippen LogP contribution < -0.4 is 15.0 Å². The molecule has 1 aliphatic carbocycles. The number of anilines is 1. The minimum atomic E-state index is -4.68. The molecule has 0 unspecified atom stereocenters. The largest absolute Gasteiger partial charge is 0.573 e. The minimum Gasteiger partial charge on any atom is -0.406 e. The number of aromatic nitrogens is 2. The second-order valence-corrected chi connectivity index (χ2v) is 11.1. The van der Waals surface area contributed by atoms with Crippen molar-refractivity contribution in [3.05, 3.63) is 94.8 Å². The number of ether oxygens (including phenoxy) is 1. The van der Waals surface area contributed by atoms with Crippen molar-refractivity contribution in [2.75, 3.05) is 18.0 Å². The van der Waals surface area contributed by atoms with E-state index in [1.165, 1.54) is 17.7 Å². The maximum Gasteiger partial charge on any atom is 0.573 e. The molecule has 2 aliphatic rings. The molecule has 1 saturated carbocycles. The lowest BCUT2D eigenvalue weighted by atomic mass is 9.56. The summed E-state index contributed by atoms with van der Waals surface area (Å²) in [5, 5.41) is 7.69. The van der Waals surface area contributed by atoms with Gasteiger partial charge in [0.25, 0.3) is 5.91 Å². The average molecular weight is 549 g/mol. The molecule has 3 heterocycles. The molecule has 208 valence electrons. The Morgan fingerprint density at radius 3 is 2.40 bits per heavy atom. The van der Waals surface area contributed by atoms with Crippen molar-refractivity contribution < 1.29 is 22.7 Å². The Hall–Kier alpha value is -4.01. The molecule has 2 aromatic carbocycles. The first-order chi connectivity index (χ1) is 19.1. The molecule has 0 radical (unpaired) electrons. The van der Waals surface area contributed by atoms with Crippen LogP contribution in [0.3, 0.4) is 0 Å². The summed E-state index contributed by atoms with van der Waals surface area (Å²) < 4.78 is 43.0. The van der Waals surface area contributed by atoms with Gasteiger partial charge in [-0.15, -0.1) is 13.2 Å². The van der Waals surface area contributed by atoms with Crippen molar-refractivity contribution >= 4 is 17.1 Å². The lowest BCUT2D eigenvalue weighted by molar-refractivity contribution is -0.274. The van der Waals surface area contributed by atoms with Gasteiger partial charge in [-0.1, -0.05) is 37.3 Å². The Kier molecular flexibility index (Phi) is 6.47. The average Bonchev–Trinajstić information content (AvgIpc) is 3.26. The molecule has 1 N–H and O–H groups in total. The number of rotatable bonds is 7. The van der Waals surface area contributed by atoms with E-state index in [1.54, 1.807) is 12.1 Å². The molecule has 40 heavy (non-hydrogen) atoms. The topological polar surface area (TPSA) is 58.9 Å². The smallest absolute Gasteiger partial charge is 0.406 e. The quantitative estimate of drug-likeness (QED) is 0.290. The second-order valence-electron chi connectivity index (χ2n) is 11.1. The zero-order chi connectivity index (χ0) is 28.1. The number of nitrogens with zero attached hydrogens (tertiary/aromatic N) is 3. The third-order valence-electron chi connectivity index (χ3n) is 8.23. The van der Waals surface area contributed by atoms with Gasteiger partial charge in [-0.3, -0.25) is 4.79 Å². The molecule has 0 atom stereocenters. The van der Waals surface area contributed by atoms with Gasteiger partial charge in [0.15, 0.2) is 0 Å². The third-order valence-corrected chi connectivity index (χ3v) is 8.23. The monoisotopic (exact) mass is 548 g/mol. The van der Waals surface area contributed by atoms with E-state index in [0.29, 0.717) is 24.4 Å². The summed E-state index contributed by atoms with van der Waals surface area (Å²) in [6.07, 6.45) is -1.79. The summed E-state index contributed by atoms with van der Waals surface area (Å²) in [6.45, 7) is 6.26. The van der Waals surface area contributed by atoms with E-state index in [-0.39, 0.29) is 17.1 Å². The van der Waals surface area contributed by atoms with Crippen LogP contribution >= 0.6 is 0 Å². The molecule has 1 amide bonds. The van der Waals surface area contributed by atoms with E-state index in [0.717, 1.165) is 54.1 Å². The van der Waals surface area contributed by atoms with Gasteiger partial charge < -0.3 is 15.0 Å². The van der Waals surface area contributed by atoms with Crippen molar-refractivity contribution in [1.29, 1.82) is 0 Å². The summed E-state index contributed by atoms with van der Waals surface area (Å²) >= 11 is 0. The highest BCUT2D eigenvalue weighted by molar-refractivity contribution is 6.02. The Balaban J connectivity index is 1.01. The van der Waals surface area contributed by atoms with Crippen LogP contribution in [0.15, 0.2) is 66.7 Å². The van der Waals surface area contributed by atoms with Crippen LogP contribution in [0, 0.1) is 12.3 Å². The van der Waals surface area contributed by atoms with Gasteiger partial charge in [0, 0.05) is 36.4 Å². The Bertz CT molecular complexity index is 1530. The number of alkyl halides is 3. The Morgan fingerprint density at radius 1 is 1.05 bits per heavy atom. The lowest BCUT2D eigenvalue weighted by Gasteiger charge is -2.60. The summed E-state index contributed by atoms with van der Waals surface area (Å²) in [4.78, 5) is 15.3. The van der Waals surface area contributed by atoms with Crippen LogP contribution in [0.2, 0.25) is 0 Å². The molecule has 1 spiro atoms. The maximum atomic E-state index is 13.1. The number of fused-ring (bicyclic) bond motifs is 1. The summed E-state index contributed by atoms with van der Waals surface area (Å²) in [7, 11) is 0. The van der Waals surface area contributed by atoms with Gasteiger partial charge in [0.05, 0.1) is 16.8 Å². The van der Waals surface area contributed by atoms with Gasteiger partial charge in [-0.2, -0.15) is 5.10 Å². The van der Waals surface area contributed by atoms with Gasteiger partial charge in [-0.25, -0.2) is 4.52 Å². The second kappa shape index (κ2) is 9.87. The summed E-state index contributed by atoms with van der Waals surface area (Å²) in [5.41, 5.74) is 6.80. The molecular formula is C31H31F3N4O2. The highest BCUT2D eigenvalue weighted by Crippen LogP contribution is 2.56. The molecule has 0 bridgehead atoms. The van der Waals surface area contributed by atoms with E-state index in [9.17, 15) is 18.0 Å². The van der Waals surface area contributed by atoms with Crippen LogP contribution in [0.25, 0.3) is 5.52 Å². The van der Waals surface area contributed by atoms with E-state index in [1.807, 2.05) is 36.6 Å². The standard InChI is InChI=1S/C31H31F3N4O2/c1-3-26-28(27-6-4-5-20(2)38(27)36-26)29(39)35-17-21-7-9-22(10-8-21)23-15-30(16-23)18-37(19-30)24-11-13-25(14-12-24)40-31(32,33)34/h4-14,23H,3,15-19H2,1-2H3,(H,35,39). The van der Waals surface area contributed by atoms with E-state index >= 15 is 0 Å². The predicted octanol–water partition coefficient (Wildman–Crippen LogP) is 6.42. The number of carbonyl (C=O) groups excluding carboxylic acids is 1. The summed E-state index contributed by atoms with van der Waals surface area (Å²) in [5.74, 6) is 0.191. The molecule has 2 aromatic heterocycles. The Labute approximate surface area is 230 Å². The zero-order valence-corrected chi connectivity index (χ0v) is 22.5. The van der Waals surface area contributed by atoms with Gasteiger partial charge in [0.1, 0.15) is 5.75 Å². The number of carbonyl (C=O) groups is 1. The third kappa shape index (κ3) is 5.00. The lowest BCUT2D eigenvalue weighted by Crippen LogP contribution is -2.61. The van der Waals surface area contributed by atoms with E-state index in [2.05, 4.69) is 44.3 Å². The van der Waals surface area contributed by atoms with E-state index in [4.69, 9.17) is 0 Å². The summed E-state index contributed by atoms with van der Waals surface area (Å²) in [6, 6.07) is 20.4. The maximum absolute atomic E-state index is 13.1. The van der Waals surface area contributed by atoms with Gasteiger partial charge >= 0.3 is 6.36 Å². The minimum absolute atomic E-state index is 0.112. The van der Waals surface area contributed by atoms with Gasteiger partial charge in [0.2, 0.25) is 0 Å². The normalized spacial score (nSPS) is 16.6. The zero-order valence-electron chi connectivity index (χ0n) is 22.5. The first-order valence-electron chi connectivity index (χ1n) is 13.6. The fourth-order valence-corrected chi connectivity index (χ4v) is 6.21. The van der Waals surface area contributed by atoms with Crippen molar-refractivity contribution in [2.45, 2.75) is 51.9 Å².